The monoisotopic (exact) mass is 265 g/mol. The third-order valence-corrected chi connectivity index (χ3v) is 2.83. The first kappa shape index (κ1) is 15.5. The van der Waals surface area contributed by atoms with Crippen LogP contribution in [-0.4, -0.2) is 32.3 Å². The minimum absolute atomic E-state index is 0.0873. The average molecular weight is 265 g/mol. The Morgan fingerprint density at radius 3 is 2.37 bits per heavy atom. The maximum atomic E-state index is 11.3. The predicted octanol–water partition coefficient (Wildman–Crippen LogP) is 2.17. The molecule has 0 aromatic heterocycles. The van der Waals surface area contributed by atoms with Crippen molar-refractivity contribution >= 4 is 5.97 Å². The summed E-state index contributed by atoms with van der Waals surface area (Å²) in [7, 11) is 3.26. The molecule has 1 atom stereocenters. The lowest BCUT2D eigenvalue weighted by Gasteiger charge is -2.15. The summed E-state index contributed by atoms with van der Waals surface area (Å²) in [5.41, 5.74) is 1.17. The third kappa shape index (κ3) is 5.75. The van der Waals surface area contributed by atoms with Gasteiger partial charge in [-0.2, -0.15) is 0 Å². The van der Waals surface area contributed by atoms with Gasteiger partial charge in [0.05, 0.1) is 19.6 Å². The number of hydrogen-bond donors (Lipinski definition) is 1. The fraction of sp³-hybridized carbons (Fsp3) is 0.533. The number of hydrogen-bond acceptors (Lipinski definition) is 4. The molecule has 0 heterocycles. The standard InChI is InChI=1S/C15H23NO3/c1-11(2)19-14-7-5-12(6-8-14)9-13(16-3)10-15(17)18-4/h5-8,11,13,16H,9-10H2,1-4H3. The molecule has 4 heteroatoms. The van der Waals surface area contributed by atoms with Crippen molar-refractivity contribution in [3.8, 4) is 5.75 Å². The molecule has 0 spiro atoms. The van der Waals surface area contributed by atoms with E-state index in [-0.39, 0.29) is 18.1 Å². The summed E-state index contributed by atoms with van der Waals surface area (Å²) in [6, 6.07) is 8.06. The number of rotatable bonds is 7. The van der Waals surface area contributed by atoms with Crippen LogP contribution < -0.4 is 10.1 Å². The van der Waals surface area contributed by atoms with Crippen LogP contribution in [0.15, 0.2) is 24.3 Å². The maximum absolute atomic E-state index is 11.3. The number of nitrogens with one attached hydrogen (secondary N) is 1. The van der Waals surface area contributed by atoms with Crippen molar-refractivity contribution < 1.29 is 14.3 Å². The van der Waals surface area contributed by atoms with Crippen LogP contribution in [-0.2, 0) is 16.0 Å². The SMILES string of the molecule is CNC(CC(=O)OC)Cc1ccc(OC(C)C)cc1. The highest BCUT2D eigenvalue weighted by atomic mass is 16.5. The molecule has 1 unspecified atom stereocenters. The zero-order chi connectivity index (χ0) is 14.3. The van der Waals surface area contributed by atoms with Crippen LogP contribution in [0.5, 0.6) is 5.75 Å². The van der Waals surface area contributed by atoms with Crippen LogP contribution in [0.1, 0.15) is 25.8 Å². The number of carbonyl (C=O) groups is 1. The van der Waals surface area contributed by atoms with E-state index in [1.54, 1.807) is 0 Å². The van der Waals surface area contributed by atoms with Crippen molar-refractivity contribution in [3.63, 3.8) is 0 Å². The summed E-state index contributed by atoms with van der Waals surface area (Å²) in [4.78, 5) is 11.3. The fourth-order valence-corrected chi connectivity index (χ4v) is 1.82. The van der Waals surface area contributed by atoms with E-state index in [1.165, 1.54) is 12.7 Å². The van der Waals surface area contributed by atoms with E-state index in [0.29, 0.717) is 6.42 Å². The summed E-state index contributed by atoms with van der Waals surface area (Å²) in [6.45, 7) is 4.00. The van der Waals surface area contributed by atoms with Crippen molar-refractivity contribution in [2.24, 2.45) is 0 Å². The lowest BCUT2D eigenvalue weighted by molar-refractivity contribution is -0.141. The molecule has 0 bridgehead atoms. The van der Waals surface area contributed by atoms with Gasteiger partial charge in [-0.3, -0.25) is 4.79 Å². The van der Waals surface area contributed by atoms with Crippen molar-refractivity contribution in [1.29, 1.82) is 0 Å². The largest absolute Gasteiger partial charge is 0.491 e. The molecule has 1 rings (SSSR count). The first-order chi connectivity index (χ1) is 9.05. The molecule has 106 valence electrons. The number of benzene rings is 1. The zero-order valence-corrected chi connectivity index (χ0v) is 12.1. The Hall–Kier alpha value is -1.55. The van der Waals surface area contributed by atoms with E-state index in [0.717, 1.165) is 12.2 Å². The van der Waals surface area contributed by atoms with Gasteiger partial charge in [0.1, 0.15) is 5.75 Å². The lowest BCUT2D eigenvalue weighted by atomic mass is 10.0. The molecule has 19 heavy (non-hydrogen) atoms. The molecular formula is C15H23NO3. The van der Waals surface area contributed by atoms with Crippen LogP contribution in [0.2, 0.25) is 0 Å². The highest BCUT2D eigenvalue weighted by molar-refractivity contribution is 5.69. The fourth-order valence-electron chi connectivity index (χ4n) is 1.82. The van der Waals surface area contributed by atoms with E-state index in [1.807, 2.05) is 45.2 Å². The summed E-state index contributed by atoms with van der Waals surface area (Å²) in [6.07, 6.45) is 1.33. The number of likely N-dealkylation sites (N-methyl/N-ethyl adjacent to an activating group) is 1. The molecule has 0 radical (unpaired) electrons. The Labute approximate surface area is 115 Å². The van der Waals surface area contributed by atoms with Crippen molar-refractivity contribution in [1.82, 2.24) is 5.32 Å². The van der Waals surface area contributed by atoms with E-state index in [4.69, 9.17) is 4.74 Å². The van der Waals surface area contributed by atoms with E-state index in [2.05, 4.69) is 10.1 Å². The molecule has 0 amide bonds. The van der Waals surface area contributed by atoms with Gasteiger partial charge in [-0.15, -0.1) is 0 Å². The van der Waals surface area contributed by atoms with Gasteiger partial charge in [0.25, 0.3) is 0 Å². The molecule has 0 saturated carbocycles. The van der Waals surface area contributed by atoms with Gasteiger partial charge in [-0.05, 0) is 45.0 Å². The molecule has 1 aromatic carbocycles. The van der Waals surface area contributed by atoms with E-state index in [9.17, 15) is 4.79 Å². The maximum Gasteiger partial charge on any atom is 0.307 e. The predicted molar refractivity (Wildman–Crippen MR) is 75.4 cm³/mol. The van der Waals surface area contributed by atoms with E-state index < -0.39 is 0 Å². The molecule has 4 nitrogen and oxygen atoms in total. The van der Waals surface area contributed by atoms with Crippen LogP contribution in [0.4, 0.5) is 0 Å². The molecular weight excluding hydrogens is 242 g/mol. The molecule has 0 aliphatic rings. The van der Waals surface area contributed by atoms with Gasteiger partial charge in [0, 0.05) is 6.04 Å². The Morgan fingerprint density at radius 1 is 1.26 bits per heavy atom. The van der Waals surface area contributed by atoms with Gasteiger partial charge < -0.3 is 14.8 Å². The first-order valence-electron chi connectivity index (χ1n) is 6.54. The second-order valence-corrected chi connectivity index (χ2v) is 4.78. The number of esters is 1. The second-order valence-electron chi connectivity index (χ2n) is 4.78. The van der Waals surface area contributed by atoms with Gasteiger partial charge in [-0.25, -0.2) is 0 Å². The Bertz CT molecular complexity index is 387. The summed E-state index contributed by atoms with van der Waals surface area (Å²) in [5.74, 6) is 0.673. The molecule has 1 aromatic rings. The highest BCUT2D eigenvalue weighted by Crippen LogP contribution is 2.15. The summed E-state index contributed by atoms with van der Waals surface area (Å²) in [5, 5.41) is 3.13. The van der Waals surface area contributed by atoms with Gasteiger partial charge in [0.2, 0.25) is 0 Å². The van der Waals surface area contributed by atoms with Crippen LogP contribution in [0.25, 0.3) is 0 Å². The van der Waals surface area contributed by atoms with Gasteiger partial charge >= 0.3 is 5.97 Å². The average Bonchev–Trinajstić information content (AvgIpc) is 2.39. The highest BCUT2D eigenvalue weighted by Gasteiger charge is 2.13. The molecule has 0 fully saturated rings. The minimum atomic E-state index is -0.195. The Balaban J connectivity index is 2.57. The topological polar surface area (TPSA) is 47.6 Å². The van der Waals surface area contributed by atoms with Crippen LogP contribution in [0, 0.1) is 0 Å². The summed E-state index contributed by atoms with van der Waals surface area (Å²) < 4.78 is 10.3. The Kier molecular flexibility index (Phi) is 6.36. The molecule has 0 aliphatic heterocycles. The number of carbonyl (C=O) groups excluding carboxylic acids is 1. The van der Waals surface area contributed by atoms with E-state index >= 15 is 0 Å². The molecule has 0 saturated heterocycles. The summed E-state index contributed by atoms with van der Waals surface area (Å²) >= 11 is 0. The molecule has 1 N–H and O–H groups in total. The van der Waals surface area contributed by atoms with Gasteiger partial charge in [-0.1, -0.05) is 12.1 Å². The first-order valence-corrected chi connectivity index (χ1v) is 6.54. The second kappa shape index (κ2) is 7.79. The van der Waals surface area contributed by atoms with Gasteiger partial charge in [0.15, 0.2) is 0 Å². The van der Waals surface area contributed by atoms with Crippen molar-refractivity contribution in [3.05, 3.63) is 29.8 Å². The van der Waals surface area contributed by atoms with Crippen molar-refractivity contribution in [2.75, 3.05) is 14.2 Å². The van der Waals surface area contributed by atoms with Crippen LogP contribution >= 0.6 is 0 Å². The normalized spacial score (nSPS) is 12.3. The van der Waals surface area contributed by atoms with Crippen molar-refractivity contribution in [2.45, 2.75) is 38.8 Å². The molecule has 0 aliphatic carbocycles. The quantitative estimate of drug-likeness (QED) is 0.768. The Morgan fingerprint density at radius 2 is 1.89 bits per heavy atom. The lowest BCUT2D eigenvalue weighted by Crippen LogP contribution is -2.30. The third-order valence-electron chi connectivity index (χ3n) is 2.83. The number of methoxy groups -OCH3 is 1. The zero-order valence-electron chi connectivity index (χ0n) is 12.1. The smallest absolute Gasteiger partial charge is 0.307 e. The minimum Gasteiger partial charge on any atom is -0.491 e. The van der Waals surface area contributed by atoms with Crippen LogP contribution in [0.3, 0.4) is 0 Å². The number of ether oxygens (including phenoxy) is 2.